The number of nitriles is 1. The zero-order chi connectivity index (χ0) is 15.8. The predicted octanol–water partition coefficient (Wildman–Crippen LogP) is 1.92. The highest BCUT2D eigenvalue weighted by Crippen LogP contribution is 2.22. The molecule has 0 aliphatic carbocycles. The molecule has 9 heteroatoms. The van der Waals surface area contributed by atoms with Crippen molar-refractivity contribution in [3.63, 3.8) is 0 Å². The molecule has 0 saturated carbocycles. The van der Waals surface area contributed by atoms with Crippen molar-refractivity contribution in [2.24, 2.45) is 0 Å². The Morgan fingerprint density at radius 2 is 2.26 bits per heavy atom. The highest BCUT2D eigenvalue weighted by molar-refractivity contribution is 7.20. The average molecular weight is 323 g/mol. The number of carbonyl (C=O) groups excluding carboxylic acids is 1. The molecule has 0 radical (unpaired) electrons. The van der Waals surface area contributed by atoms with E-state index in [4.69, 9.17) is 5.26 Å². The summed E-state index contributed by atoms with van der Waals surface area (Å²) in [6.07, 6.45) is 1.47. The lowest BCUT2D eigenvalue weighted by Gasteiger charge is -2.05. The normalized spacial score (nSPS) is 10.9. The standard InChI is InChI=1S/C14H9N7OS/c15-5-6-20-10-4-2-1-3-9(10)7-11(20)12(22)17-13-19-21-8-16-18-14(21)23-13/h1-4,7-8H,6H2,(H,17,19,22). The molecule has 4 aromatic rings. The van der Waals surface area contributed by atoms with Crippen LogP contribution < -0.4 is 5.32 Å². The largest absolute Gasteiger partial charge is 0.322 e. The van der Waals surface area contributed by atoms with Crippen molar-refractivity contribution in [2.75, 3.05) is 5.32 Å². The van der Waals surface area contributed by atoms with Crippen LogP contribution in [0.25, 0.3) is 15.9 Å². The van der Waals surface area contributed by atoms with Gasteiger partial charge in [-0.3, -0.25) is 10.1 Å². The molecule has 0 saturated heterocycles. The first-order chi connectivity index (χ1) is 11.3. The van der Waals surface area contributed by atoms with Gasteiger partial charge in [-0.25, -0.2) is 0 Å². The summed E-state index contributed by atoms with van der Waals surface area (Å²) in [4.78, 5) is 13.2. The van der Waals surface area contributed by atoms with Gasteiger partial charge in [-0.05, 0) is 12.1 Å². The van der Waals surface area contributed by atoms with Crippen LogP contribution in [0.3, 0.4) is 0 Å². The van der Waals surface area contributed by atoms with E-state index >= 15 is 0 Å². The maximum atomic E-state index is 12.6. The molecule has 4 rings (SSSR count). The number of aromatic nitrogens is 5. The summed E-state index contributed by atoms with van der Waals surface area (Å²) in [5, 5.41) is 24.9. The van der Waals surface area contributed by atoms with E-state index in [0.29, 0.717) is 15.8 Å². The minimum absolute atomic E-state index is 0.0986. The van der Waals surface area contributed by atoms with Gasteiger partial charge in [0, 0.05) is 10.9 Å². The number of benzene rings is 1. The lowest BCUT2D eigenvalue weighted by atomic mass is 10.2. The van der Waals surface area contributed by atoms with Crippen LogP contribution in [0.1, 0.15) is 10.5 Å². The van der Waals surface area contributed by atoms with Crippen molar-refractivity contribution in [2.45, 2.75) is 6.54 Å². The summed E-state index contributed by atoms with van der Waals surface area (Å²) in [6.45, 7) is 0.0986. The number of nitrogens with one attached hydrogen (secondary N) is 1. The van der Waals surface area contributed by atoms with Crippen LogP contribution in [0.5, 0.6) is 0 Å². The number of amides is 1. The second-order valence-electron chi connectivity index (χ2n) is 4.75. The molecule has 0 atom stereocenters. The van der Waals surface area contributed by atoms with Gasteiger partial charge in [0.15, 0.2) is 0 Å². The molecule has 1 aromatic carbocycles. The molecule has 0 fully saturated rings. The van der Waals surface area contributed by atoms with Gasteiger partial charge in [-0.2, -0.15) is 9.78 Å². The Bertz CT molecular complexity index is 1040. The van der Waals surface area contributed by atoms with E-state index in [0.717, 1.165) is 10.9 Å². The van der Waals surface area contributed by atoms with Gasteiger partial charge in [-0.15, -0.1) is 15.3 Å². The smallest absolute Gasteiger partial charge is 0.274 e. The van der Waals surface area contributed by atoms with Crippen LogP contribution in [0.2, 0.25) is 0 Å². The Balaban J connectivity index is 1.72. The lowest BCUT2D eigenvalue weighted by molar-refractivity contribution is 0.101. The maximum Gasteiger partial charge on any atom is 0.274 e. The number of rotatable bonds is 3. The SMILES string of the molecule is N#CCn1c(C(=O)Nc2nn3cnnc3s2)cc2ccccc21. The monoisotopic (exact) mass is 323 g/mol. The quantitative estimate of drug-likeness (QED) is 0.620. The maximum absolute atomic E-state index is 12.6. The molecule has 8 nitrogen and oxygen atoms in total. The van der Waals surface area contributed by atoms with Crippen LogP contribution in [-0.2, 0) is 6.54 Å². The van der Waals surface area contributed by atoms with Gasteiger partial charge in [0.1, 0.15) is 18.6 Å². The van der Waals surface area contributed by atoms with Crippen molar-refractivity contribution in [1.82, 2.24) is 24.4 Å². The molecular formula is C14H9N7OS. The fourth-order valence-corrected chi connectivity index (χ4v) is 3.13. The minimum Gasteiger partial charge on any atom is -0.322 e. The number of fused-ring (bicyclic) bond motifs is 2. The first-order valence-electron chi connectivity index (χ1n) is 6.69. The summed E-state index contributed by atoms with van der Waals surface area (Å²) < 4.78 is 3.18. The fraction of sp³-hybridized carbons (Fsp3) is 0.0714. The molecule has 0 bridgehead atoms. The molecular weight excluding hydrogens is 314 g/mol. The van der Waals surface area contributed by atoms with Crippen molar-refractivity contribution in [3.8, 4) is 6.07 Å². The van der Waals surface area contributed by atoms with Crippen LogP contribution >= 0.6 is 11.3 Å². The molecule has 1 amide bonds. The minimum atomic E-state index is -0.318. The molecule has 23 heavy (non-hydrogen) atoms. The second kappa shape index (κ2) is 5.19. The zero-order valence-corrected chi connectivity index (χ0v) is 12.5. The van der Waals surface area contributed by atoms with Crippen LogP contribution in [0.15, 0.2) is 36.7 Å². The van der Waals surface area contributed by atoms with Gasteiger partial charge in [0.05, 0.1) is 6.07 Å². The van der Waals surface area contributed by atoms with E-state index in [9.17, 15) is 4.79 Å². The average Bonchev–Trinajstić information content (AvgIpc) is 3.21. The molecule has 3 heterocycles. The van der Waals surface area contributed by atoms with Crippen molar-refractivity contribution >= 4 is 38.2 Å². The lowest BCUT2D eigenvalue weighted by Crippen LogP contribution is -2.17. The van der Waals surface area contributed by atoms with E-state index < -0.39 is 0 Å². The van der Waals surface area contributed by atoms with E-state index in [1.54, 1.807) is 10.6 Å². The molecule has 0 unspecified atom stereocenters. The van der Waals surface area contributed by atoms with Crippen molar-refractivity contribution in [1.29, 1.82) is 5.26 Å². The fourth-order valence-electron chi connectivity index (χ4n) is 2.41. The summed E-state index contributed by atoms with van der Waals surface area (Å²) in [5.41, 5.74) is 1.26. The Morgan fingerprint density at radius 1 is 1.39 bits per heavy atom. The Labute approximate surface area is 133 Å². The molecule has 3 aromatic heterocycles. The Morgan fingerprint density at radius 3 is 3.09 bits per heavy atom. The summed E-state index contributed by atoms with van der Waals surface area (Å²) in [5.74, 6) is -0.318. The summed E-state index contributed by atoms with van der Waals surface area (Å²) in [7, 11) is 0. The van der Waals surface area contributed by atoms with E-state index in [1.165, 1.54) is 22.2 Å². The highest BCUT2D eigenvalue weighted by Gasteiger charge is 2.17. The third-order valence-electron chi connectivity index (χ3n) is 3.38. The molecule has 0 spiro atoms. The predicted molar refractivity (Wildman–Crippen MR) is 84.2 cm³/mol. The third kappa shape index (κ3) is 2.21. The first kappa shape index (κ1) is 13.4. The van der Waals surface area contributed by atoms with E-state index in [2.05, 4.69) is 26.7 Å². The van der Waals surface area contributed by atoms with Crippen LogP contribution in [-0.4, -0.2) is 30.3 Å². The Kier molecular flexibility index (Phi) is 3.03. The molecule has 0 aliphatic heterocycles. The number of hydrogen-bond donors (Lipinski definition) is 1. The molecule has 112 valence electrons. The van der Waals surface area contributed by atoms with Gasteiger partial charge in [0.25, 0.3) is 5.91 Å². The van der Waals surface area contributed by atoms with Gasteiger partial charge in [0.2, 0.25) is 10.1 Å². The first-order valence-corrected chi connectivity index (χ1v) is 7.51. The number of nitrogens with zero attached hydrogens (tertiary/aromatic N) is 6. The van der Waals surface area contributed by atoms with Crippen LogP contribution in [0.4, 0.5) is 5.13 Å². The third-order valence-corrected chi connectivity index (χ3v) is 4.21. The highest BCUT2D eigenvalue weighted by atomic mass is 32.1. The number of anilines is 1. The second-order valence-corrected chi connectivity index (χ2v) is 5.71. The van der Waals surface area contributed by atoms with Gasteiger partial charge in [-0.1, -0.05) is 29.5 Å². The summed E-state index contributed by atoms with van der Waals surface area (Å²) in [6, 6.07) is 11.4. The van der Waals surface area contributed by atoms with E-state index in [1.807, 2.05) is 24.3 Å². The number of carbonyl (C=O) groups is 1. The molecule has 0 aliphatic rings. The zero-order valence-electron chi connectivity index (χ0n) is 11.7. The van der Waals surface area contributed by atoms with Gasteiger partial charge < -0.3 is 4.57 Å². The van der Waals surface area contributed by atoms with Crippen LogP contribution in [0, 0.1) is 11.3 Å². The number of hydrogen-bond acceptors (Lipinski definition) is 6. The molecule has 1 N–H and O–H groups in total. The topological polar surface area (TPSA) is 101 Å². The number of para-hydroxylation sites is 1. The summed E-state index contributed by atoms with van der Waals surface area (Å²) >= 11 is 1.23. The Hall–Kier alpha value is -3.25. The van der Waals surface area contributed by atoms with Crippen molar-refractivity contribution < 1.29 is 4.79 Å². The van der Waals surface area contributed by atoms with Crippen molar-refractivity contribution in [3.05, 3.63) is 42.4 Å². The van der Waals surface area contributed by atoms with Gasteiger partial charge >= 0.3 is 0 Å². The van der Waals surface area contributed by atoms with E-state index in [-0.39, 0.29) is 12.5 Å².